The van der Waals surface area contributed by atoms with E-state index in [0.29, 0.717) is 34.6 Å². The smallest absolute Gasteiger partial charge is 0.337 e. The molecule has 1 aromatic heterocycles. The van der Waals surface area contributed by atoms with Crippen molar-refractivity contribution in [2.45, 2.75) is 0 Å². The molecule has 1 saturated heterocycles. The maximum absolute atomic E-state index is 13.3. The molecule has 208 valence electrons. The second-order valence-corrected chi connectivity index (χ2v) is 10.4. The summed E-state index contributed by atoms with van der Waals surface area (Å²) in [4.78, 5) is 42.9. The lowest BCUT2D eigenvalue weighted by molar-refractivity contribution is -0.110. The van der Waals surface area contributed by atoms with Gasteiger partial charge in [-0.15, -0.1) is 0 Å². The molecule has 0 spiro atoms. The molecular weight excluding hydrogens is 518 g/mol. The van der Waals surface area contributed by atoms with Gasteiger partial charge in [0.2, 0.25) is 5.91 Å². The number of aromatic nitrogens is 1. The van der Waals surface area contributed by atoms with Crippen LogP contribution >= 0.6 is 0 Å². The summed E-state index contributed by atoms with van der Waals surface area (Å²) in [6.45, 7) is 4.07. The van der Waals surface area contributed by atoms with Crippen molar-refractivity contribution in [1.29, 1.82) is 0 Å². The Kier molecular flexibility index (Phi) is 7.13. The second-order valence-electron chi connectivity index (χ2n) is 10.4. The third-order valence-corrected chi connectivity index (χ3v) is 7.68. The average molecular weight is 550 g/mol. The first-order chi connectivity index (χ1) is 19.9. The minimum Gasteiger partial charge on any atom is -0.465 e. The predicted octanol–water partition coefficient (Wildman–Crippen LogP) is 4.25. The topological polar surface area (TPSA) is 95.9 Å². The number of ether oxygens (including phenoxy) is 1. The van der Waals surface area contributed by atoms with Crippen molar-refractivity contribution >= 4 is 51.3 Å². The van der Waals surface area contributed by atoms with Crippen molar-refractivity contribution in [3.8, 4) is 0 Å². The number of hydrogen-bond acceptors (Lipinski definition) is 7. The molecule has 0 radical (unpaired) electrons. The van der Waals surface area contributed by atoms with Gasteiger partial charge in [-0.05, 0) is 49.0 Å². The fraction of sp³-hybridized carbons (Fsp3) is 0.219. The van der Waals surface area contributed by atoms with Gasteiger partial charge in [-0.25, -0.2) is 4.79 Å². The number of benzene rings is 3. The van der Waals surface area contributed by atoms with Crippen LogP contribution in [0, 0.1) is 0 Å². The number of piperazine rings is 1. The largest absolute Gasteiger partial charge is 0.465 e. The Hall–Kier alpha value is -4.73. The van der Waals surface area contributed by atoms with Gasteiger partial charge in [0.05, 0.1) is 41.7 Å². The Morgan fingerprint density at radius 1 is 0.927 bits per heavy atom. The standard InChI is InChI=1S/C32H31N5O4/c1-35-14-16-36(17-15-35)20-28(38)37-13-12-22-18-24(9-11-27(22)37)33-30(21-6-4-3-5-7-21)29-25-10-8-23(32(40)41-2)19-26(25)34-31(29)39/h3-13,18-19,33H,14-17,20H2,1-2H3,(H,34,39)/b30-29-. The van der Waals surface area contributed by atoms with E-state index in [1.54, 1.807) is 22.8 Å². The Morgan fingerprint density at radius 3 is 2.46 bits per heavy atom. The number of nitrogens with one attached hydrogen (secondary N) is 2. The third kappa shape index (κ3) is 5.25. The molecule has 0 saturated carbocycles. The van der Waals surface area contributed by atoms with Gasteiger partial charge < -0.3 is 20.3 Å². The van der Waals surface area contributed by atoms with Crippen LogP contribution in [-0.2, 0) is 9.53 Å². The highest BCUT2D eigenvalue weighted by Gasteiger charge is 2.29. The minimum absolute atomic E-state index is 0.0444. The summed E-state index contributed by atoms with van der Waals surface area (Å²) >= 11 is 0. The van der Waals surface area contributed by atoms with E-state index in [2.05, 4.69) is 27.5 Å². The summed E-state index contributed by atoms with van der Waals surface area (Å²) in [6, 6.07) is 22.4. The molecule has 0 bridgehead atoms. The Balaban J connectivity index is 1.33. The van der Waals surface area contributed by atoms with Crippen LogP contribution in [0.1, 0.15) is 26.3 Å². The molecule has 1 fully saturated rings. The first kappa shape index (κ1) is 26.5. The van der Waals surface area contributed by atoms with Crippen LogP contribution in [0.4, 0.5) is 11.4 Å². The van der Waals surface area contributed by atoms with Crippen LogP contribution < -0.4 is 10.6 Å². The van der Waals surface area contributed by atoms with E-state index in [1.165, 1.54) is 7.11 Å². The quantitative estimate of drug-likeness (QED) is 0.274. The molecule has 9 nitrogen and oxygen atoms in total. The number of carbonyl (C=O) groups excluding carboxylic acids is 3. The molecule has 1 amide bonds. The predicted molar refractivity (Wildman–Crippen MR) is 160 cm³/mol. The van der Waals surface area contributed by atoms with Crippen LogP contribution in [-0.4, -0.2) is 79.0 Å². The zero-order valence-electron chi connectivity index (χ0n) is 23.0. The monoisotopic (exact) mass is 549 g/mol. The van der Waals surface area contributed by atoms with Crippen molar-refractivity contribution in [3.63, 3.8) is 0 Å². The molecule has 0 unspecified atom stereocenters. The SMILES string of the molecule is COC(=O)c1ccc2c(c1)NC(=O)/C2=C(\Nc1ccc2c(ccn2C(=O)CN2CCN(C)CC2)c1)c1ccccc1. The van der Waals surface area contributed by atoms with E-state index < -0.39 is 5.97 Å². The van der Waals surface area contributed by atoms with E-state index in [4.69, 9.17) is 4.74 Å². The third-order valence-electron chi connectivity index (χ3n) is 7.68. The van der Waals surface area contributed by atoms with Crippen molar-refractivity contribution in [3.05, 3.63) is 95.7 Å². The number of esters is 1. The summed E-state index contributed by atoms with van der Waals surface area (Å²) in [5.41, 5.74) is 5.16. The summed E-state index contributed by atoms with van der Waals surface area (Å²) in [6.07, 6.45) is 1.82. The van der Waals surface area contributed by atoms with Gasteiger partial charge in [-0.2, -0.15) is 0 Å². The number of anilines is 2. The summed E-state index contributed by atoms with van der Waals surface area (Å²) < 4.78 is 6.55. The lowest BCUT2D eigenvalue weighted by Gasteiger charge is -2.31. The molecule has 3 aromatic carbocycles. The zero-order chi connectivity index (χ0) is 28.5. The van der Waals surface area contributed by atoms with Crippen LogP contribution in [0.3, 0.4) is 0 Å². The molecule has 0 atom stereocenters. The number of hydrogen-bond donors (Lipinski definition) is 2. The number of fused-ring (bicyclic) bond motifs is 2. The first-order valence-electron chi connectivity index (χ1n) is 13.6. The fourth-order valence-electron chi connectivity index (χ4n) is 5.41. The average Bonchev–Trinajstić information content (AvgIpc) is 3.56. The maximum atomic E-state index is 13.3. The minimum atomic E-state index is -0.469. The van der Waals surface area contributed by atoms with Gasteiger partial charge >= 0.3 is 5.97 Å². The number of methoxy groups -OCH3 is 1. The lowest BCUT2D eigenvalue weighted by Crippen LogP contribution is -2.46. The highest BCUT2D eigenvalue weighted by Crippen LogP contribution is 2.38. The number of likely N-dealkylation sites (N-methyl/N-ethyl adjacent to an activating group) is 1. The molecule has 9 heteroatoms. The Labute approximate surface area is 238 Å². The lowest BCUT2D eigenvalue weighted by atomic mass is 9.99. The van der Waals surface area contributed by atoms with Crippen LogP contribution in [0.25, 0.3) is 22.2 Å². The zero-order valence-corrected chi connectivity index (χ0v) is 23.0. The molecule has 2 N–H and O–H groups in total. The Bertz CT molecular complexity index is 1680. The number of amides is 1. The van der Waals surface area contributed by atoms with Crippen molar-refractivity contribution in [2.75, 3.05) is 57.5 Å². The van der Waals surface area contributed by atoms with Crippen molar-refractivity contribution < 1.29 is 19.1 Å². The molecule has 41 heavy (non-hydrogen) atoms. The number of rotatable bonds is 6. The van der Waals surface area contributed by atoms with E-state index in [1.807, 2.05) is 60.8 Å². The van der Waals surface area contributed by atoms with Crippen LogP contribution in [0.2, 0.25) is 0 Å². The van der Waals surface area contributed by atoms with Gasteiger partial charge in [0, 0.05) is 49.0 Å². The molecular formula is C32H31N5O4. The van der Waals surface area contributed by atoms with Crippen molar-refractivity contribution in [2.24, 2.45) is 0 Å². The molecule has 2 aliphatic rings. The summed E-state index contributed by atoms with van der Waals surface area (Å²) in [5.74, 6) is -0.693. The van der Waals surface area contributed by atoms with E-state index in [9.17, 15) is 14.4 Å². The van der Waals surface area contributed by atoms with Crippen molar-refractivity contribution in [1.82, 2.24) is 14.4 Å². The van der Waals surface area contributed by atoms with Gasteiger partial charge in [0.1, 0.15) is 0 Å². The van der Waals surface area contributed by atoms with E-state index >= 15 is 0 Å². The Morgan fingerprint density at radius 2 is 1.71 bits per heavy atom. The van der Waals surface area contributed by atoms with Gasteiger partial charge in [-0.1, -0.05) is 36.4 Å². The highest BCUT2D eigenvalue weighted by atomic mass is 16.5. The van der Waals surface area contributed by atoms with Gasteiger partial charge in [0.25, 0.3) is 5.91 Å². The van der Waals surface area contributed by atoms with E-state index in [-0.39, 0.29) is 11.8 Å². The summed E-state index contributed by atoms with van der Waals surface area (Å²) in [5, 5.41) is 7.28. The summed E-state index contributed by atoms with van der Waals surface area (Å²) in [7, 11) is 3.42. The second kappa shape index (κ2) is 11.0. The molecule has 4 aromatic rings. The normalized spacial score (nSPS) is 16.8. The van der Waals surface area contributed by atoms with Gasteiger partial charge in [0.15, 0.2) is 0 Å². The first-order valence-corrected chi connectivity index (χ1v) is 13.6. The molecule has 3 heterocycles. The number of nitrogens with zero attached hydrogens (tertiary/aromatic N) is 3. The van der Waals surface area contributed by atoms with E-state index in [0.717, 1.165) is 48.3 Å². The number of carbonyl (C=O) groups is 3. The molecule has 6 rings (SSSR count). The molecule has 2 aliphatic heterocycles. The maximum Gasteiger partial charge on any atom is 0.337 e. The van der Waals surface area contributed by atoms with Crippen LogP contribution in [0.5, 0.6) is 0 Å². The van der Waals surface area contributed by atoms with Gasteiger partial charge in [-0.3, -0.25) is 19.1 Å². The fourth-order valence-corrected chi connectivity index (χ4v) is 5.41. The highest BCUT2D eigenvalue weighted by molar-refractivity contribution is 6.37. The van der Waals surface area contributed by atoms with Crippen LogP contribution in [0.15, 0.2) is 79.0 Å². The molecule has 0 aliphatic carbocycles.